The molecule has 0 fully saturated rings. The number of alkyl halides is 1. The van der Waals surface area contributed by atoms with E-state index < -0.39 is 0 Å². The van der Waals surface area contributed by atoms with Gasteiger partial charge in [0.25, 0.3) is 0 Å². The van der Waals surface area contributed by atoms with Crippen LogP contribution in [-0.4, -0.2) is 12.5 Å². The third-order valence-electron chi connectivity index (χ3n) is 2.69. The maximum atomic E-state index is 5.77. The first-order valence-electron chi connectivity index (χ1n) is 5.95. The molecule has 92 valence electrons. The van der Waals surface area contributed by atoms with Crippen molar-refractivity contribution in [1.29, 1.82) is 0 Å². The lowest BCUT2D eigenvalue weighted by atomic mass is 10.1. The highest BCUT2D eigenvalue weighted by molar-refractivity contribution is 6.19. The number of benzene rings is 1. The van der Waals surface area contributed by atoms with Gasteiger partial charge in [-0.3, -0.25) is 0 Å². The van der Waals surface area contributed by atoms with Crippen molar-refractivity contribution in [2.75, 3.05) is 12.5 Å². The number of rotatable bonds is 4. The molecule has 1 aromatic rings. The maximum absolute atomic E-state index is 5.77. The van der Waals surface area contributed by atoms with Crippen LogP contribution in [0, 0.1) is 24.7 Å². The van der Waals surface area contributed by atoms with Crippen LogP contribution in [0.1, 0.15) is 31.4 Å². The van der Waals surface area contributed by atoms with Gasteiger partial charge in [-0.2, -0.15) is 0 Å². The van der Waals surface area contributed by atoms with E-state index in [1.165, 1.54) is 0 Å². The van der Waals surface area contributed by atoms with Crippen molar-refractivity contribution >= 4 is 11.6 Å². The monoisotopic (exact) mass is 250 g/mol. The van der Waals surface area contributed by atoms with Crippen molar-refractivity contribution < 1.29 is 4.74 Å². The molecule has 0 aromatic heterocycles. The van der Waals surface area contributed by atoms with Crippen LogP contribution >= 0.6 is 11.6 Å². The van der Waals surface area contributed by atoms with Gasteiger partial charge in [-0.25, -0.2) is 0 Å². The number of hydrogen-bond donors (Lipinski definition) is 0. The summed E-state index contributed by atoms with van der Waals surface area (Å²) in [7, 11) is 0. The Morgan fingerprint density at radius 3 is 2.76 bits per heavy atom. The molecule has 0 saturated carbocycles. The van der Waals surface area contributed by atoms with E-state index in [1.807, 2.05) is 25.1 Å². The van der Waals surface area contributed by atoms with E-state index in [2.05, 4.69) is 25.7 Å². The normalized spacial score (nSPS) is 11.5. The van der Waals surface area contributed by atoms with Crippen LogP contribution in [0.5, 0.6) is 5.75 Å². The van der Waals surface area contributed by atoms with Gasteiger partial charge >= 0.3 is 0 Å². The van der Waals surface area contributed by atoms with E-state index in [0.29, 0.717) is 11.8 Å². The van der Waals surface area contributed by atoms with E-state index in [-0.39, 0.29) is 0 Å². The lowest BCUT2D eigenvalue weighted by molar-refractivity contribution is 0.255. The largest absolute Gasteiger partial charge is 0.493 e. The highest BCUT2D eigenvalue weighted by atomic mass is 35.5. The summed E-state index contributed by atoms with van der Waals surface area (Å²) in [4.78, 5) is 0. The van der Waals surface area contributed by atoms with Crippen LogP contribution in [0.3, 0.4) is 0 Å². The van der Waals surface area contributed by atoms with E-state index >= 15 is 0 Å². The summed E-state index contributed by atoms with van der Waals surface area (Å²) in [5.74, 6) is 7.75. The second-order valence-corrected chi connectivity index (χ2v) is 4.51. The van der Waals surface area contributed by atoms with Gasteiger partial charge in [-0.15, -0.1) is 11.6 Å². The molecule has 0 bridgehead atoms. The zero-order chi connectivity index (χ0) is 12.7. The molecular weight excluding hydrogens is 232 g/mol. The fourth-order valence-corrected chi connectivity index (χ4v) is 1.44. The van der Waals surface area contributed by atoms with Gasteiger partial charge in [-0.05, 0) is 36.6 Å². The van der Waals surface area contributed by atoms with Gasteiger partial charge in [0.2, 0.25) is 0 Å². The summed E-state index contributed by atoms with van der Waals surface area (Å²) in [6.07, 6.45) is 1.14. The topological polar surface area (TPSA) is 9.23 Å². The fraction of sp³-hybridized carbons (Fsp3) is 0.467. The Kier molecular flexibility index (Phi) is 5.94. The molecule has 0 N–H and O–H groups in total. The van der Waals surface area contributed by atoms with Crippen molar-refractivity contribution in [3.05, 3.63) is 29.3 Å². The molecule has 1 atom stereocenters. The summed E-state index contributed by atoms with van der Waals surface area (Å²) in [6, 6.07) is 5.99. The Morgan fingerprint density at radius 1 is 1.41 bits per heavy atom. The van der Waals surface area contributed by atoms with E-state index in [4.69, 9.17) is 16.3 Å². The molecule has 0 aliphatic carbocycles. The molecule has 2 heteroatoms. The summed E-state index contributed by atoms with van der Waals surface area (Å²) in [6.45, 7) is 7.17. The SMILES string of the molecule is CCC(C)COc1ccc(C#CCCl)cc1C. The summed E-state index contributed by atoms with van der Waals surface area (Å²) in [5.41, 5.74) is 2.11. The van der Waals surface area contributed by atoms with Crippen LogP contribution < -0.4 is 4.74 Å². The third kappa shape index (κ3) is 4.71. The second kappa shape index (κ2) is 7.25. The predicted octanol–water partition coefficient (Wildman–Crippen LogP) is 4.01. The van der Waals surface area contributed by atoms with Crippen molar-refractivity contribution in [2.45, 2.75) is 27.2 Å². The lowest BCUT2D eigenvalue weighted by Gasteiger charge is -2.13. The van der Waals surface area contributed by atoms with Crippen LogP contribution in [0.4, 0.5) is 0 Å². The minimum absolute atomic E-state index is 0.366. The first-order valence-corrected chi connectivity index (χ1v) is 6.49. The standard InChI is InChI=1S/C15H19ClO/c1-4-12(2)11-17-15-8-7-14(6-5-9-16)10-13(15)3/h7-8,10,12H,4,9,11H2,1-3H3. The molecule has 0 heterocycles. The van der Waals surface area contributed by atoms with Gasteiger partial charge < -0.3 is 4.74 Å². The Labute approximate surface area is 109 Å². The average molecular weight is 251 g/mol. The first-order chi connectivity index (χ1) is 8.17. The summed E-state index contributed by atoms with van der Waals surface area (Å²) < 4.78 is 5.77. The maximum Gasteiger partial charge on any atom is 0.122 e. The molecule has 1 unspecified atom stereocenters. The minimum Gasteiger partial charge on any atom is -0.493 e. The number of hydrogen-bond acceptors (Lipinski definition) is 1. The summed E-state index contributed by atoms with van der Waals surface area (Å²) >= 11 is 5.52. The van der Waals surface area contributed by atoms with Crippen molar-refractivity contribution in [1.82, 2.24) is 0 Å². The van der Waals surface area contributed by atoms with E-state index in [9.17, 15) is 0 Å². The zero-order valence-electron chi connectivity index (χ0n) is 10.7. The average Bonchev–Trinajstić information content (AvgIpc) is 2.34. The number of ether oxygens (including phenoxy) is 1. The highest BCUT2D eigenvalue weighted by Gasteiger charge is 2.03. The summed E-state index contributed by atoms with van der Waals surface area (Å²) in [5, 5.41) is 0. The van der Waals surface area contributed by atoms with Gasteiger partial charge in [0.05, 0.1) is 12.5 Å². The smallest absolute Gasteiger partial charge is 0.122 e. The van der Waals surface area contributed by atoms with Gasteiger partial charge in [0.1, 0.15) is 5.75 Å². The molecular formula is C15H19ClO. The van der Waals surface area contributed by atoms with Crippen LogP contribution in [0.2, 0.25) is 0 Å². The molecule has 1 rings (SSSR count). The molecule has 0 radical (unpaired) electrons. The van der Waals surface area contributed by atoms with Gasteiger partial charge in [0.15, 0.2) is 0 Å². The molecule has 1 nitrogen and oxygen atoms in total. The number of halogens is 1. The molecule has 17 heavy (non-hydrogen) atoms. The second-order valence-electron chi connectivity index (χ2n) is 4.24. The van der Waals surface area contributed by atoms with Crippen LogP contribution in [-0.2, 0) is 0 Å². The molecule has 0 amide bonds. The van der Waals surface area contributed by atoms with Crippen molar-refractivity contribution in [3.63, 3.8) is 0 Å². The lowest BCUT2D eigenvalue weighted by Crippen LogP contribution is -2.07. The third-order valence-corrected chi connectivity index (χ3v) is 2.83. The highest BCUT2D eigenvalue weighted by Crippen LogP contribution is 2.19. The Balaban J connectivity index is 2.69. The Morgan fingerprint density at radius 2 is 2.18 bits per heavy atom. The minimum atomic E-state index is 0.366. The number of aryl methyl sites for hydroxylation is 1. The molecule has 0 aliphatic rings. The Bertz CT molecular complexity index is 415. The van der Waals surface area contributed by atoms with Gasteiger partial charge in [-0.1, -0.05) is 32.1 Å². The quantitative estimate of drug-likeness (QED) is 0.580. The Hall–Kier alpha value is -1.13. The fourth-order valence-electron chi connectivity index (χ4n) is 1.37. The van der Waals surface area contributed by atoms with Crippen LogP contribution in [0.25, 0.3) is 0 Å². The van der Waals surface area contributed by atoms with Crippen molar-refractivity contribution in [2.24, 2.45) is 5.92 Å². The molecule has 0 saturated heterocycles. The first kappa shape index (κ1) is 13.9. The molecule has 0 spiro atoms. The molecule has 0 aliphatic heterocycles. The van der Waals surface area contributed by atoms with E-state index in [0.717, 1.165) is 29.9 Å². The van der Waals surface area contributed by atoms with Gasteiger partial charge in [0, 0.05) is 5.56 Å². The van der Waals surface area contributed by atoms with Crippen LogP contribution in [0.15, 0.2) is 18.2 Å². The predicted molar refractivity (Wildman–Crippen MR) is 73.7 cm³/mol. The molecule has 1 aromatic carbocycles. The zero-order valence-corrected chi connectivity index (χ0v) is 11.5. The van der Waals surface area contributed by atoms with E-state index in [1.54, 1.807) is 0 Å². The van der Waals surface area contributed by atoms with Crippen molar-refractivity contribution in [3.8, 4) is 17.6 Å².